The van der Waals surface area contributed by atoms with E-state index in [4.69, 9.17) is 4.74 Å². The molecule has 7 nitrogen and oxygen atoms in total. The van der Waals surface area contributed by atoms with Gasteiger partial charge in [0, 0.05) is 18.7 Å². The molecule has 3 aromatic rings. The fourth-order valence-corrected chi connectivity index (χ4v) is 4.37. The number of anilines is 1. The third-order valence-electron chi connectivity index (χ3n) is 4.75. The first kappa shape index (κ1) is 20.5. The largest absolute Gasteiger partial charge is 0.573 e. The highest BCUT2D eigenvalue weighted by Gasteiger charge is 2.31. The Balaban J connectivity index is 1.59. The van der Waals surface area contributed by atoms with Crippen LogP contribution in [-0.4, -0.2) is 46.6 Å². The molecular weight excluding hydrogens is 421 g/mol. The summed E-state index contributed by atoms with van der Waals surface area (Å²) in [6.45, 7) is 3.40. The van der Waals surface area contributed by atoms with E-state index in [-0.39, 0.29) is 17.6 Å². The fraction of sp³-hybridized carbons (Fsp3) is 0.421. The first-order valence-corrected chi connectivity index (χ1v) is 10.3. The summed E-state index contributed by atoms with van der Waals surface area (Å²) < 4.78 is 48.3. The molecule has 0 aliphatic carbocycles. The molecule has 30 heavy (non-hydrogen) atoms. The molecule has 11 heteroatoms. The number of nitrogens with zero attached hydrogens (tertiary/aromatic N) is 4. The third kappa shape index (κ3) is 4.35. The van der Waals surface area contributed by atoms with Crippen LogP contribution in [0.1, 0.15) is 19.8 Å². The lowest BCUT2D eigenvalue weighted by Gasteiger charge is -2.30. The number of hydrogen-bond acceptors (Lipinski definition) is 7. The van der Waals surface area contributed by atoms with Gasteiger partial charge in [-0.05, 0) is 31.9 Å². The maximum Gasteiger partial charge on any atom is 0.573 e. The minimum Gasteiger partial charge on any atom is -0.466 e. The molecule has 0 spiro atoms. The van der Waals surface area contributed by atoms with Crippen LogP contribution in [0.25, 0.3) is 16.2 Å². The van der Waals surface area contributed by atoms with Gasteiger partial charge in [-0.3, -0.25) is 4.79 Å². The molecule has 1 atom stereocenters. The molecular formula is C19H19F3N4O3S. The van der Waals surface area contributed by atoms with Gasteiger partial charge in [-0.15, -0.1) is 18.3 Å². The normalized spacial score (nSPS) is 17.3. The van der Waals surface area contributed by atoms with Gasteiger partial charge in [-0.2, -0.15) is 0 Å². The van der Waals surface area contributed by atoms with Crippen molar-refractivity contribution >= 4 is 27.4 Å². The number of halogens is 3. The molecule has 1 unspecified atom stereocenters. The average molecular weight is 440 g/mol. The quantitative estimate of drug-likeness (QED) is 0.556. The minimum atomic E-state index is -4.76. The van der Waals surface area contributed by atoms with Gasteiger partial charge in [0.15, 0.2) is 0 Å². The predicted octanol–water partition coefficient (Wildman–Crippen LogP) is 4.14. The number of carbonyl (C=O) groups is 1. The molecule has 1 aliphatic heterocycles. The summed E-state index contributed by atoms with van der Waals surface area (Å²) in [4.78, 5) is 19.1. The summed E-state index contributed by atoms with van der Waals surface area (Å²) >= 11 is 1.36. The number of hydrogen-bond donors (Lipinski definition) is 0. The molecule has 0 saturated carbocycles. The van der Waals surface area contributed by atoms with E-state index >= 15 is 0 Å². The van der Waals surface area contributed by atoms with Crippen molar-refractivity contribution in [2.75, 3.05) is 24.6 Å². The Bertz CT molecular complexity index is 1050. The fourth-order valence-electron chi connectivity index (χ4n) is 3.46. The number of alkyl halides is 3. The van der Waals surface area contributed by atoms with Crippen LogP contribution < -0.4 is 9.64 Å². The van der Waals surface area contributed by atoms with Crippen molar-refractivity contribution in [2.45, 2.75) is 26.1 Å². The zero-order valence-corrected chi connectivity index (χ0v) is 16.9. The lowest BCUT2D eigenvalue weighted by atomic mass is 9.99. The molecule has 2 aromatic heterocycles. The highest BCUT2D eigenvalue weighted by molar-refractivity contribution is 7.20. The number of rotatable bonds is 5. The predicted molar refractivity (Wildman–Crippen MR) is 105 cm³/mol. The Morgan fingerprint density at radius 1 is 1.37 bits per heavy atom. The van der Waals surface area contributed by atoms with Gasteiger partial charge < -0.3 is 14.4 Å². The van der Waals surface area contributed by atoms with Gasteiger partial charge in [0.25, 0.3) is 0 Å². The number of carbonyl (C=O) groups excluding carboxylic acids is 1. The zero-order valence-electron chi connectivity index (χ0n) is 16.1. The van der Waals surface area contributed by atoms with Crippen LogP contribution in [0.2, 0.25) is 0 Å². The molecule has 1 fully saturated rings. The van der Waals surface area contributed by atoms with Crippen LogP contribution in [0.3, 0.4) is 0 Å². The standard InChI is InChI=1S/C19H19F3N4O3S/c1-2-28-16(27)13-6-4-8-25(11-13)18-24-26-15(10-23-17(26)30-18)12-5-3-7-14(9-12)29-19(20,21)22/h3,5,7,9-10,13H,2,4,6,8,11H2,1H3. The Hall–Kier alpha value is -2.82. The van der Waals surface area contributed by atoms with E-state index in [1.165, 1.54) is 29.5 Å². The minimum absolute atomic E-state index is 0.203. The van der Waals surface area contributed by atoms with Gasteiger partial charge >= 0.3 is 12.3 Å². The number of esters is 1. The monoisotopic (exact) mass is 440 g/mol. The van der Waals surface area contributed by atoms with E-state index < -0.39 is 6.36 Å². The number of ether oxygens (including phenoxy) is 2. The molecule has 1 aliphatic rings. The smallest absolute Gasteiger partial charge is 0.466 e. The Morgan fingerprint density at radius 3 is 2.97 bits per heavy atom. The average Bonchev–Trinajstić information content (AvgIpc) is 3.28. The summed E-state index contributed by atoms with van der Waals surface area (Å²) in [6, 6.07) is 5.69. The van der Waals surface area contributed by atoms with Gasteiger partial charge in [0.2, 0.25) is 10.1 Å². The van der Waals surface area contributed by atoms with Crippen molar-refractivity contribution in [2.24, 2.45) is 5.92 Å². The van der Waals surface area contributed by atoms with E-state index in [2.05, 4.69) is 14.8 Å². The van der Waals surface area contributed by atoms with Gasteiger partial charge in [0.05, 0.1) is 24.4 Å². The summed E-state index contributed by atoms with van der Waals surface area (Å²) in [6.07, 6.45) is -1.58. The second-order valence-electron chi connectivity index (χ2n) is 6.84. The van der Waals surface area contributed by atoms with Crippen LogP contribution in [0.15, 0.2) is 30.5 Å². The zero-order chi connectivity index (χ0) is 21.3. The first-order chi connectivity index (χ1) is 14.3. The van der Waals surface area contributed by atoms with Gasteiger partial charge in [-0.1, -0.05) is 23.5 Å². The van der Waals surface area contributed by atoms with Crippen molar-refractivity contribution in [3.05, 3.63) is 30.5 Å². The van der Waals surface area contributed by atoms with Crippen LogP contribution in [0, 0.1) is 5.92 Å². The molecule has 0 radical (unpaired) electrons. The Morgan fingerprint density at radius 2 is 2.20 bits per heavy atom. The lowest BCUT2D eigenvalue weighted by Crippen LogP contribution is -2.39. The van der Waals surface area contributed by atoms with Crippen molar-refractivity contribution in [1.82, 2.24) is 14.6 Å². The molecule has 3 heterocycles. The van der Waals surface area contributed by atoms with Gasteiger partial charge in [0.1, 0.15) is 5.75 Å². The van der Waals surface area contributed by atoms with E-state index in [1.807, 2.05) is 4.90 Å². The summed E-state index contributed by atoms with van der Waals surface area (Å²) in [7, 11) is 0. The van der Waals surface area contributed by atoms with Crippen LogP contribution in [0.5, 0.6) is 5.75 Å². The number of imidazole rings is 1. The van der Waals surface area contributed by atoms with Crippen molar-refractivity contribution < 1.29 is 27.4 Å². The maximum absolute atomic E-state index is 12.5. The Labute approximate surface area is 174 Å². The second-order valence-corrected chi connectivity index (χ2v) is 7.77. The summed E-state index contributed by atoms with van der Waals surface area (Å²) in [5.41, 5.74) is 1.06. The van der Waals surface area contributed by atoms with Crippen molar-refractivity contribution in [1.29, 1.82) is 0 Å². The molecule has 4 rings (SSSR count). The summed E-state index contributed by atoms with van der Waals surface area (Å²) in [5, 5.41) is 5.30. The van der Waals surface area contributed by atoms with E-state index in [0.29, 0.717) is 34.5 Å². The number of piperidine rings is 1. The molecule has 1 aromatic carbocycles. The maximum atomic E-state index is 12.5. The lowest BCUT2D eigenvalue weighted by molar-refractivity contribution is -0.274. The van der Waals surface area contributed by atoms with E-state index in [1.54, 1.807) is 23.7 Å². The number of fused-ring (bicyclic) bond motifs is 1. The van der Waals surface area contributed by atoms with Crippen molar-refractivity contribution in [3.8, 4) is 17.0 Å². The van der Waals surface area contributed by atoms with Crippen LogP contribution in [0.4, 0.5) is 18.3 Å². The molecule has 0 bridgehead atoms. The SMILES string of the molecule is CCOC(=O)C1CCCN(c2nn3c(-c4cccc(OC(F)(F)F)c4)cnc3s2)C1. The van der Waals surface area contributed by atoms with Crippen LogP contribution >= 0.6 is 11.3 Å². The molecule has 1 saturated heterocycles. The van der Waals surface area contributed by atoms with E-state index in [9.17, 15) is 18.0 Å². The highest BCUT2D eigenvalue weighted by Crippen LogP contribution is 2.32. The topological polar surface area (TPSA) is 69.0 Å². The molecule has 0 N–H and O–H groups in total. The van der Waals surface area contributed by atoms with Crippen LogP contribution in [-0.2, 0) is 9.53 Å². The highest BCUT2D eigenvalue weighted by atomic mass is 32.1. The van der Waals surface area contributed by atoms with E-state index in [0.717, 1.165) is 19.4 Å². The molecule has 0 amide bonds. The Kier molecular flexibility index (Phi) is 5.54. The van der Waals surface area contributed by atoms with Crippen molar-refractivity contribution in [3.63, 3.8) is 0 Å². The molecule has 160 valence electrons. The number of aromatic nitrogens is 3. The third-order valence-corrected chi connectivity index (χ3v) is 5.73. The van der Waals surface area contributed by atoms with Gasteiger partial charge in [-0.25, -0.2) is 9.50 Å². The summed E-state index contributed by atoms with van der Waals surface area (Å²) in [5.74, 6) is -0.713. The number of benzene rings is 1. The second kappa shape index (κ2) is 8.13. The first-order valence-electron chi connectivity index (χ1n) is 9.46.